The molecule has 8 heteroatoms. The molecule has 0 N–H and O–H groups in total. The second kappa shape index (κ2) is 7.94. The van der Waals surface area contributed by atoms with Crippen LogP contribution in [-0.4, -0.2) is 47.5 Å². The number of halogens is 1. The molecule has 2 heterocycles. The Hall–Kier alpha value is -1.64. The van der Waals surface area contributed by atoms with Crippen LogP contribution in [0.25, 0.3) is 0 Å². The number of rotatable bonds is 5. The average Bonchev–Trinajstić information content (AvgIpc) is 2.88. The van der Waals surface area contributed by atoms with Gasteiger partial charge >= 0.3 is 5.97 Å². The van der Waals surface area contributed by atoms with E-state index in [2.05, 4.69) is 20.9 Å². The summed E-state index contributed by atoms with van der Waals surface area (Å²) in [6.45, 7) is 4.08. The number of fused-ring (bicyclic) bond motifs is 1. The number of amidine groups is 1. The molecule has 3 rings (SSSR count). The standard InChI is InChI=1S/C18H19BrN2O4S/c1-10-14(17(23)25-9-8-24-3)15(12-4-6-13(19)7-5-12)21-16(22)11(2)26-18(21)20-10/h4-7,11,15H,8-9H2,1-3H3/t11-,15-/m0/s1. The molecule has 0 bridgehead atoms. The third-order valence-corrected chi connectivity index (χ3v) is 5.77. The summed E-state index contributed by atoms with van der Waals surface area (Å²) in [5.41, 5.74) is 1.79. The van der Waals surface area contributed by atoms with Crippen LogP contribution in [0.15, 0.2) is 45.0 Å². The highest BCUT2D eigenvalue weighted by Gasteiger charge is 2.46. The predicted octanol–water partition coefficient (Wildman–Crippen LogP) is 3.29. The lowest BCUT2D eigenvalue weighted by Gasteiger charge is -2.33. The van der Waals surface area contributed by atoms with Crippen molar-refractivity contribution in [3.8, 4) is 0 Å². The molecule has 1 aromatic carbocycles. The molecule has 2 aliphatic heterocycles. The zero-order valence-corrected chi connectivity index (χ0v) is 17.1. The minimum atomic E-state index is -0.546. The smallest absolute Gasteiger partial charge is 0.338 e. The van der Waals surface area contributed by atoms with E-state index < -0.39 is 12.0 Å². The molecule has 0 aromatic heterocycles. The number of nitrogens with zero attached hydrogens (tertiary/aromatic N) is 2. The Morgan fingerprint density at radius 2 is 2.00 bits per heavy atom. The van der Waals surface area contributed by atoms with E-state index in [9.17, 15) is 9.59 Å². The number of methoxy groups -OCH3 is 1. The monoisotopic (exact) mass is 438 g/mol. The molecule has 26 heavy (non-hydrogen) atoms. The minimum Gasteiger partial charge on any atom is -0.460 e. The fraction of sp³-hybridized carbons (Fsp3) is 0.389. The van der Waals surface area contributed by atoms with E-state index in [1.165, 1.54) is 11.8 Å². The quantitative estimate of drug-likeness (QED) is 0.521. The second-order valence-corrected chi connectivity index (χ2v) is 8.17. The van der Waals surface area contributed by atoms with Gasteiger partial charge < -0.3 is 9.47 Å². The molecule has 0 saturated carbocycles. The Labute approximate surface area is 164 Å². The van der Waals surface area contributed by atoms with E-state index in [-0.39, 0.29) is 17.8 Å². The number of ether oxygens (including phenoxy) is 2. The van der Waals surface area contributed by atoms with Crippen molar-refractivity contribution in [3.63, 3.8) is 0 Å². The first-order valence-corrected chi connectivity index (χ1v) is 9.82. The highest BCUT2D eigenvalue weighted by atomic mass is 79.9. The van der Waals surface area contributed by atoms with Crippen LogP contribution in [0.4, 0.5) is 0 Å². The van der Waals surface area contributed by atoms with E-state index in [4.69, 9.17) is 9.47 Å². The summed E-state index contributed by atoms with van der Waals surface area (Å²) in [5.74, 6) is -0.538. The number of hydrogen-bond acceptors (Lipinski definition) is 6. The molecule has 0 spiro atoms. The van der Waals surface area contributed by atoms with Gasteiger partial charge in [-0.25, -0.2) is 9.79 Å². The third-order valence-electron chi connectivity index (χ3n) is 4.18. The predicted molar refractivity (Wildman–Crippen MR) is 104 cm³/mol. The fourth-order valence-corrected chi connectivity index (χ4v) is 4.21. The maximum absolute atomic E-state index is 12.8. The first-order valence-electron chi connectivity index (χ1n) is 8.14. The second-order valence-electron chi connectivity index (χ2n) is 5.94. The number of esters is 1. The van der Waals surface area contributed by atoms with Crippen molar-refractivity contribution >= 4 is 44.7 Å². The van der Waals surface area contributed by atoms with Gasteiger partial charge in [0, 0.05) is 11.6 Å². The number of carbonyl (C=O) groups is 2. The normalized spacial score (nSPS) is 22.4. The van der Waals surface area contributed by atoms with Gasteiger partial charge in [-0.15, -0.1) is 0 Å². The lowest BCUT2D eigenvalue weighted by Crippen LogP contribution is -2.40. The highest BCUT2D eigenvalue weighted by molar-refractivity contribution is 9.10. The molecular formula is C18H19BrN2O4S. The molecule has 0 unspecified atom stereocenters. The van der Waals surface area contributed by atoms with E-state index >= 15 is 0 Å². The summed E-state index contributed by atoms with van der Waals surface area (Å²) in [6, 6.07) is 7.03. The summed E-state index contributed by atoms with van der Waals surface area (Å²) < 4.78 is 11.2. The third kappa shape index (κ3) is 3.58. The molecule has 1 fully saturated rings. The number of benzene rings is 1. The van der Waals surface area contributed by atoms with Crippen molar-refractivity contribution in [1.82, 2.24) is 4.90 Å². The van der Waals surface area contributed by atoms with Gasteiger partial charge in [0.1, 0.15) is 6.61 Å². The highest BCUT2D eigenvalue weighted by Crippen LogP contribution is 2.43. The number of hydrogen-bond donors (Lipinski definition) is 0. The van der Waals surface area contributed by atoms with Crippen molar-refractivity contribution < 1.29 is 19.1 Å². The molecule has 6 nitrogen and oxygen atoms in total. The van der Waals surface area contributed by atoms with Crippen molar-refractivity contribution in [2.24, 2.45) is 4.99 Å². The molecule has 1 aromatic rings. The average molecular weight is 439 g/mol. The van der Waals surface area contributed by atoms with Gasteiger partial charge in [0.2, 0.25) is 5.91 Å². The molecule has 2 aliphatic rings. The topological polar surface area (TPSA) is 68.2 Å². The SMILES string of the molecule is COCCOC(=O)C1=C(C)N=C2S[C@@H](C)C(=O)N2[C@H]1c1ccc(Br)cc1. The maximum Gasteiger partial charge on any atom is 0.338 e. The number of aliphatic imine (C=N–C) groups is 1. The molecule has 138 valence electrons. The minimum absolute atomic E-state index is 0.0589. The molecule has 2 atom stereocenters. The summed E-state index contributed by atoms with van der Waals surface area (Å²) in [7, 11) is 1.54. The van der Waals surface area contributed by atoms with Crippen LogP contribution in [0.5, 0.6) is 0 Å². The Morgan fingerprint density at radius 1 is 1.31 bits per heavy atom. The number of allylic oxidation sites excluding steroid dienone is 1. The first-order chi connectivity index (χ1) is 12.4. The van der Waals surface area contributed by atoms with Crippen molar-refractivity contribution in [3.05, 3.63) is 45.6 Å². The van der Waals surface area contributed by atoms with Crippen LogP contribution in [0.3, 0.4) is 0 Å². The van der Waals surface area contributed by atoms with Crippen molar-refractivity contribution in [2.75, 3.05) is 20.3 Å². The summed E-state index contributed by atoms with van der Waals surface area (Å²) in [6.07, 6.45) is 0. The van der Waals surface area contributed by atoms with Gasteiger partial charge in [-0.2, -0.15) is 0 Å². The molecular weight excluding hydrogens is 420 g/mol. The Bertz CT molecular complexity index is 791. The summed E-state index contributed by atoms with van der Waals surface area (Å²) in [4.78, 5) is 31.6. The largest absolute Gasteiger partial charge is 0.460 e. The fourth-order valence-electron chi connectivity index (χ4n) is 2.92. The van der Waals surface area contributed by atoms with Gasteiger partial charge in [-0.1, -0.05) is 39.8 Å². The van der Waals surface area contributed by atoms with E-state index in [1.807, 2.05) is 31.2 Å². The van der Waals surface area contributed by atoms with Gasteiger partial charge in [0.05, 0.1) is 29.2 Å². The first kappa shape index (κ1) is 19.1. The van der Waals surface area contributed by atoms with Gasteiger partial charge in [-0.3, -0.25) is 9.69 Å². The lowest BCUT2D eigenvalue weighted by molar-refractivity contribution is -0.141. The zero-order chi connectivity index (χ0) is 18.8. The molecule has 1 saturated heterocycles. The van der Waals surface area contributed by atoms with Crippen LogP contribution in [0.1, 0.15) is 25.5 Å². The lowest BCUT2D eigenvalue weighted by atomic mass is 9.94. The molecule has 1 amide bonds. The van der Waals surface area contributed by atoms with Crippen molar-refractivity contribution in [1.29, 1.82) is 0 Å². The summed E-state index contributed by atoms with van der Waals surface area (Å²) in [5, 5.41) is 0.393. The van der Waals surface area contributed by atoms with E-state index in [0.29, 0.717) is 23.0 Å². The van der Waals surface area contributed by atoms with Gasteiger partial charge in [-0.05, 0) is 31.5 Å². The maximum atomic E-state index is 12.8. The molecule has 0 radical (unpaired) electrons. The van der Waals surface area contributed by atoms with Crippen molar-refractivity contribution in [2.45, 2.75) is 25.1 Å². The van der Waals surface area contributed by atoms with Crippen LogP contribution < -0.4 is 0 Å². The van der Waals surface area contributed by atoms with Crippen LogP contribution in [-0.2, 0) is 19.1 Å². The number of thioether (sulfide) groups is 1. The number of amides is 1. The zero-order valence-electron chi connectivity index (χ0n) is 14.7. The van der Waals surface area contributed by atoms with Gasteiger partial charge in [0.25, 0.3) is 0 Å². The Kier molecular flexibility index (Phi) is 5.84. The van der Waals surface area contributed by atoms with E-state index in [1.54, 1.807) is 18.9 Å². The summed E-state index contributed by atoms with van der Waals surface area (Å²) >= 11 is 4.83. The van der Waals surface area contributed by atoms with Crippen LogP contribution in [0, 0.1) is 0 Å². The van der Waals surface area contributed by atoms with Crippen LogP contribution >= 0.6 is 27.7 Å². The Balaban J connectivity index is 2.03. The van der Waals surface area contributed by atoms with Crippen LogP contribution in [0.2, 0.25) is 0 Å². The van der Waals surface area contributed by atoms with Gasteiger partial charge in [0.15, 0.2) is 5.17 Å². The number of carbonyl (C=O) groups excluding carboxylic acids is 2. The molecule has 0 aliphatic carbocycles. The Morgan fingerprint density at radius 3 is 2.65 bits per heavy atom. The van der Waals surface area contributed by atoms with E-state index in [0.717, 1.165) is 10.0 Å².